The first-order chi connectivity index (χ1) is 9.07. The SMILES string of the molecule is Cc1ccc(CCC(=O)NCC2(O)CCSC2)cc1. The fraction of sp³-hybridized carbons (Fsp3) is 0.533. The third-order valence-corrected chi connectivity index (χ3v) is 4.69. The first kappa shape index (κ1) is 14.4. The molecule has 3 nitrogen and oxygen atoms in total. The maximum Gasteiger partial charge on any atom is 0.220 e. The number of aryl methyl sites for hydroxylation is 2. The van der Waals surface area contributed by atoms with Crippen molar-refractivity contribution in [1.82, 2.24) is 5.32 Å². The fourth-order valence-electron chi connectivity index (χ4n) is 2.10. The summed E-state index contributed by atoms with van der Waals surface area (Å²) in [5, 5.41) is 13.0. The third kappa shape index (κ3) is 4.55. The maximum atomic E-state index is 11.8. The molecule has 0 spiro atoms. The number of benzene rings is 1. The van der Waals surface area contributed by atoms with Gasteiger partial charge in [-0.2, -0.15) is 11.8 Å². The summed E-state index contributed by atoms with van der Waals surface area (Å²) in [4.78, 5) is 11.8. The summed E-state index contributed by atoms with van der Waals surface area (Å²) >= 11 is 1.74. The Bertz CT molecular complexity index is 424. The zero-order valence-electron chi connectivity index (χ0n) is 11.3. The number of thioether (sulfide) groups is 1. The van der Waals surface area contributed by atoms with Gasteiger partial charge in [0.15, 0.2) is 0 Å². The van der Waals surface area contributed by atoms with Crippen LogP contribution in [0, 0.1) is 6.92 Å². The van der Waals surface area contributed by atoms with Gasteiger partial charge in [-0.05, 0) is 31.1 Å². The summed E-state index contributed by atoms with van der Waals surface area (Å²) in [5.74, 6) is 1.73. The van der Waals surface area contributed by atoms with Crippen molar-refractivity contribution in [2.45, 2.75) is 31.8 Å². The minimum absolute atomic E-state index is 0.0194. The van der Waals surface area contributed by atoms with E-state index in [4.69, 9.17) is 0 Å². The molecule has 0 aromatic heterocycles. The fourth-order valence-corrected chi connectivity index (χ4v) is 3.40. The minimum atomic E-state index is -0.690. The van der Waals surface area contributed by atoms with Crippen LogP contribution in [0.4, 0.5) is 0 Å². The highest BCUT2D eigenvalue weighted by Gasteiger charge is 2.31. The zero-order chi connectivity index (χ0) is 13.7. The van der Waals surface area contributed by atoms with Gasteiger partial charge in [-0.25, -0.2) is 0 Å². The molecular weight excluding hydrogens is 258 g/mol. The molecule has 1 aromatic carbocycles. The van der Waals surface area contributed by atoms with Crippen LogP contribution in [0.15, 0.2) is 24.3 Å². The molecule has 1 amide bonds. The van der Waals surface area contributed by atoms with Crippen molar-refractivity contribution in [2.24, 2.45) is 0 Å². The van der Waals surface area contributed by atoms with E-state index in [1.165, 1.54) is 11.1 Å². The Balaban J connectivity index is 1.71. The highest BCUT2D eigenvalue weighted by atomic mass is 32.2. The van der Waals surface area contributed by atoms with Gasteiger partial charge < -0.3 is 10.4 Å². The summed E-state index contributed by atoms with van der Waals surface area (Å²) in [6, 6.07) is 8.24. The second-order valence-corrected chi connectivity index (χ2v) is 6.39. The first-order valence-corrected chi connectivity index (χ1v) is 7.85. The molecule has 104 valence electrons. The predicted octanol–water partition coefficient (Wildman–Crippen LogP) is 1.91. The van der Waals surface area contributed by atoms with Gasteiger partial charge in [-0.15, -0.1) is 0 Å². The average molecular weight is 279 g/mol. The number of hydrogen-bond donors (Lipinski definition) is 2. The lowest BCUT2D eigenvalue weighted by atomic mass is 10.0. The van der Waals surface area contributed by atoms with Gasteiger partial charge in [-0.3, -0.25) is 4.79 Å². The van der Waals surface area contributed by atoms with Crippen molar-refractivity contribution in [3.05, 3.63) is 35.4 Å². The van der Waals surface area contributed by atoms with Crippen LogP contribution in [0.3, 0.4) is 0 Å². The van der Waals surface area contributed by atoms with Crippen molar-refractivity contribution >= 4 is 17.7 Å². The van der Waals surface area contributed by atoms with Gasteiger partial charge in [0.05, 0.1) is 5.60 Å². The number of amides is 1. The van der Waals surface area contributed by atoms with E-state index in [1.807, 2.05) is 0 Å². The third-order valence-electron chi connectivity index (χ3n) is 3.46. The molecule has 2 rings (SSSR count). The molecule has 0 bridgehead atoms. The van der Waals surface area contributed by atoms with Crippen LogP contribution in [0.5, 0.6) is 0 Å². The number of carbonyl (C=O) groups is 1. The Labute approximate surface area is 118 Å². The Morgan fingerprint density at radius 3 is 2.79 bits per heavy atom. The van der Waals surface area contributed by atoms with Gasteiger partial charge >= 0.3 is 0 Å². The maximum absolute atomic E-state index is 11.8. The monoisotopic (exact) mass is 279 g/mol. The quantitative estimate of drug-likeness (QED) is 0.865. The van der Waals surface area contributed by atoms with E-state index in [9.17, 15) is 9.90 Å². The average Bonchev–Trinajstić information content (AvgIpc) is 2.83. The standard InChI is InChI=1S/C15H21NO2S/c1-12-2-4-13(5-3-12)6-7-14(17)16-10-15(18)8-9-19-11-15/h2-5,18H,6-11H2,1H3,(H,16,17). The molecule has 4 heteroatoms. The van der Waals surface area contributed by atoms with Gasteiger partial charge in [0, 0.05) is 18.7 Å². The number of carbonyl (C=O) groups excluding carboxylic acids is 1. The lowest BCUT2D eigenvalue weighted by Crippen LogP contribution is -2.43. The molecule has 1 heterocycles. The van der Waals surface area contributed by atoms with Crippen LogP contribution in [0.1, 0.15) is 24.0 Å². The van der Waals surface area contributed by atoms with E-state index in [-0.39, 0.29) is 5.91 Å². The van der Waals surface area contributed by atoms with E-state index in [1.54, 1.807) is 11.8 Å². The minimum Gasteiger partial charge on any atom is -0.387 e. The Morgan fingerprint density at radius 2 is 2.16 bits per heavy atom. The summed E-state index contributed by atoms with van der Waals surface area (Å²) in [6.45, 7) is 2.43. The molecule has 1 saturated heterocycles. The Kier molecular flexibility index (Phi) is 4.88. The first-order valence-electron chi connectivity index (χ1n) is 6.70. The van der Waals surface area contributed by atoms with Crippen LogP contribution in [0.25, 0.3) is 0 Å². The van der Waals surface area contributed by atoms with Crippen molar-refractivity contribution in [3.8, 4) is 0 Å². The van der Waals surface area contributed by atoms with Gasteiger partial charge in [0.1, 0.15) is 0 Å². The molecule has 0 saturated carbocycles. The second-order valence-electron chi connectivity index (χ2n) is 5.29. The summed E-state index contributed by atoms with van der Waals surface area (Å²) < 4.78 is 0. The number of rotatable bonds is 5. The van der Waals surface area contributed by atoms with E-state index in [2.05, 4.69) is 36.5 Å². The van der Waals surface area contributed by atoms with Crippen LogP contribution >= 0.6 is 11.8 Å². The molecule has 1 aliphatic heterocycles. The molecule has 1 fully saturated rings. The highest BCUT2D eigenvalue weighted by Crippen LogP contribution is 2.26. The topological polar surface area (TPSA) is 49.3 Å². The number of hydrogen-bond acceptors (Lipinski definition) is 3. The molecule has 1 atom stereocenters. The van der Waals surface area contributed by atoms with Crippen LogP contribution in [-0.4, -0.2) is 34.7 Å². The van der Waals surface area contributed by atoms with E-state index in [0.29, 0.717) is 13.0 Å². The highest BCUT2D eigenvalue weighted by molar-refractivity contribution is 7.99. The normalized spacial score (nSPS) is 22.4. The van der Waals surface area contributed by atoms with Gasteiger partial charge in [-0.1, -0.05) is 29.8 Å². The Hall–Kier alpha value is -1.00. The van der Waals surface area contributed by atoms with E-state index < -0.39 is 5.60 Å². The summed E-state index contributed by atoms with van der Waals surface area (Å²) in [7, 11) is 0. The van der Waals surface area contributed by atoms with Crippen LogP contribution in [-0.2, 0) is 11.2 Å². The smallest absolute Gasteiger partial charge is 0.220 e. The Morgan fingerprint density at radius 1 is 1.42 bits per heavy atom. The molecule has 0 radical (unpaired) electrons. The molecule has 1 aliphatic rings. The summed E-state index contributed by atoms with van der Waals surface area (Å²) in [6.07, 6.45) is 2.00. The van der Waals surface area contributed by atoms with Crippen molar-refractivity contribution in [1.29, 1.82) is 0 Å². The van der Waals surface area contributed by atoms with Crippen molar-refractivity contribution in [3.63, 3.8) is 0 Å². The molecule has 0 aliphatic carbocycles. The van der Waals surface area contributed by atoms with Crippen molar-refractivity contribution in [2.75, 3.05) is 18.1 Å². The lowest BCUT2D eigenvalue weighted by Gasteiger charge is -2.21. The zero-order valence-corrected chi connectivity index (χ0v) is 12.1. The predicted molar refractivity (Wildman–Crippen MR) is 79.4 cm³/mol. The summed E-state index contributed by atoms with van der Waals surface area (Å²) in [5.41, 5.74) is 1.72. The molecule has 19 heavy (non-hydrogen) atoms. The molecule has 2 N–H and O–H groups in total. The molecule has 1 unspecified atom stereocenters. The van der Waals surface area contributed by atoms with E-state index >= 15 is 0 Å². The number of aliphatic hydroxyl groups is 1. The molecular formula is C15H21NO2S. The number of nitrogens with one attached hydrogen (secondary N) is 1. The second kappa shape index (κ2) is 6.44. The van der Waals surface area contributed by atoms with Crippen LogP contribution < -0.4 is 5.32 Å². The largest absolute Gasteiger partial charge is 0.387 e. The lowest BCUT2D eigenvalue weighted by molar-refractivity contribution is -0.122. The van der Waals surface area contributed by atoms with Crippen LogP contribution in [0.2, 0.25) is 0 Å². The van der Waals surface area contributed by atoms with Crippen molar-refractivity contribution < 1.29 is 9.90 Å². The van der Waals surface area contributed by atoms with Gasteiger partial charge in [0.2, 0.25) is 5.91 Å². The van der Waals surface area contributed by atoms with Gasteiger partial charge in [0.25, 0.3) is 0 Å². The molecule has 1 aromatic rings. The van der Waals surface area contributed by atoms with E-state index in [0.717, 1.165) is 24.3 Å².